The van der Waals surface area contributed by atoms with Gasteiger partial charge >= 0.3 is 0 Å². The largest absolute Gasteiger partial charge is 0.313 e. The normalized spacial score (nSPS) is 23.5. The van der Waals surface area contributed by atoms with Crippen LogP contribution in [0.2, 0.25) is 0 Å². The molecule has 1 N–H and O–H groups in total. The predicted octanol–water partition coefficient (Wildman–Crippen LogP) is 2.95. The van der Waals surface area contributed by atoms with E-state index in [1.54, 1.807) is 0 Å². The van der Waals surface area contributed by atoms with Gasteiger partial charge in [0.15, 0.2) is 0 Å². The van der Waals surface area contributed by atoms with Crippen molar-refractivity contribution in [3.8, 4) is 6.07 Å². The van der Waals surface area contributed by atoms with Crippen LogP contribution in [0.5, 0.6) is 0 Å². The van der Waals surface area contributed by atoms with E-state index in [-0.39, 0.29) is 5.41 Å². The van der Waals surface area contributed by atoms with Crippen LogP contribution < -0.4 is 5.32 Å². The Balaban J connectivity index is 2.34. The smallest absolute Gasteiger partial charge is 0.0684 e. The Bertz CT molecular complexity index is 267. The topological polar surface area (TPSA) is 35.8 Å². The minimum atomic E-state index is -0.198. The Morgan fingerprint density at radius 1 is 1.20 bits per heavy atom. The summed E-state index contributed by atoms with van der Waals surface area (Å²) in [6, 6.07) is 2.93. The molecule has 2 heteroatoms. The summed E-state index contributed by atoms with van der Waals surface area (Å²) >= 11 is 0. The first kappa shape index (κ1) is 12.5. The van der Waals surface area contributed by atoms with Gasteiger partial charge in [0.2, 0.25) is 0 Å². The lowest BCUT2D eigenvalue weighted by Gasteiger charge is -2.15. The lowest BCUT2D eigenvalue weighted by molar-refractivity contribution is 0.419. The van der Waals surface area contributed by atoms with Crippen molar-refractivity contribution in [3.05, 3.63) is 0 Å². The van der Waals surface area contributed by atoms with Crippen molar-refractivity contribution in [2.45, 2.75) is 54.0 Å². The monoisotopic (exact) mass is 208 g/mol. The molecule has 0 radical (unpaired) electrons. The zero-order chi connectivity index (χ0) is 11.9. The van der Waals surface area contributed by atoms with Gasteiger partial charge in [-0.2, -0.15) is 5.26 Å². The molecular weight excluding hydrogens is 184 g/mol. The van der Waals surface area contributed by atoms with E-state index in [1.165, 1.54) is 0 Å². The van der Waals surface area contributed by atoms with Crippen molar-refractivity contribution in [2.75, 3.05) is 6.54 Å². The number of hydrogen-bond acceptors (Lipinski definition) is 2. The molecule has 0 amide bonds. The van der Waals surface area contributed by atoms with Crippen molar-refractivity contribution in [3.63, 3.8) is 0 Å². The number of nitrogens with one attached hydrogen (secondary N) is 1. The number of nitrogens with zero attached hydrogens (tertiary/aromatic N) is 1. The van der Waals surface area contributed by atoms with Gasteiger partial charge in [0.05, 0.1) is 11.5 Å². The Hall–Kier alpha value is -0.550. The molecular formula is C13H24N2. The molecule has 0 atom stereocenters. The van der Waals surface area contributed by atoms with Crippen LogP contribution in [-0.2, 0) is 0 Å². The molecule has 0 bridgehead atoms. The zero-order valence-corrected chi connectivity index (χ0v) is 10.9. The molecule has 86 valence electrons. The quantitative estimate of drug-likeness (QED) is 0.771. The van der Waals surface area contributed by atoms with Gasteiger partial charge in [0.1, 0.15) is 0 Å². The highest BCUT2D eigenvalue weighted by atomic mass is 15.0. The van der Waals surface area contributed by atoms with Gasteiger partial charge in [0, 0.05) is 6.04 Å². The third kappa shape index (κ3) is 2.18. The fourth-order valence-electron chi connectivity index (χ4n) is 2.29. The third-order valence-corrected chi connectivity index (χ3v) is 4.42. The van der Waals surface area contributed by atoms with Crippen molar-refractivity contribution in [2.24, 2.45) is 16.2 Å². The second-order valence-electron chi connectivity index (χ2n) is 6.58. The minimum absolute atomic E-state index is 0.198. The number of nitriles is 1. The number of rotatable bonds is 4. The summed E-state index contributed by atoms with van der Waals surface area (Å²) in [5.74, 6) is 0. The van der Waals surface area contributed by atoms with Crippen molar-refractivity contribution in [1.29, 1.82) is 5.26 Å². The Labute approximate surface area is 94.1 Å². The summed E-state index contributed by atoms with van der Waals surface area (Å²) < 4.78 is 0. The van der Waals surface area contributed by atoms with Gasteiger partial charge in [-0.1, -0.05) is 27.7 Å². The summed E-state index contributed by atoms with van der Waals surface area (Å²) in [5.41, 5.74) is 0.587. The van der Waals surface area contributed by atoms with E-state index in [0.29, 0.717) is 16.9 Å². The van der Waals surface area contributed by atoms with E-state index >= 15 is 0 Å². The second kappa shape index (κ2) is 3.49. The standard InChI is InChI=1S/C13H24N2/c1-11(2,9-14)7-8-15-10-12(3,4)13(10,5)6/h10,15H,7-8H2,1-6H3. The Kier molecular flexibility index (Phi) is 2.91. The molecule has 1 aliphatic rings. The third-order valence-electron chi connectivity index (χ3n) is 4.42. The summed E-state index contributed by atoms with van der Waals surface area (Å²) in [6.45, 7) is 14.2. The first-order chi connectivity index (χ1) is 6.65. The van der Waals surface area contributed by atoms with Crippen LogP contribution in [0.4, 0.5) is 0 Å². The average Bonchev–Trinajstić information content (AvgIpc) is 2.47. The van der Waals surface area contributed by atoms with E-state index in [0.717, 1.165) is 13.0 Å². The van der Waals surface area contributed by atoms with Crippen LogP contribution in [0.25, 0.3) is 0 Å². The van der Waals surface area contributed by atoms with Crippen molar-refractivity contribution in [1.82, 2.24) is 5.32 Å². The maximum absolute atomic E-state index is 8.90. The molecule has 0 unspecified atom stereocenters. The molecule has 1 aliphatic carbocycles. The molecule has 0 aromatic carbocycles. The highest BCUT2D eigenvalue weighted by Crippen LogP contribution is 2.62. The molecule has 1 saturated carbocycles. The van der Waals surface area contributed by atoms with Crippen LogP contribution in [0.15, 0.2) is 0 Å². The minimum Gasteiger partial charge on any atom is -0.313 e. The summed E-state index contributed by atoms with van der Waals surface area (Å²) in [7, 11) is 0. The first-order valence-corrected chi connectivity index (χ1v) is 5.80. The molecule has 0 spiro atoms. The maximum atomic E-state index is 8.90. The van der Waals surface area contributed by atoms with Gasteiger partial charge < -0.3 is 5.32 Å². The van der Waals surface area contributed by atoms with Gasteiger partial charge in [-0.05, 0) is 37.6 Å². The number of hydrogen-bond donors (Lipinski definition) is 1. The van der Waals surface area contributed by atoms with Gasteiger partial charge in [-0.25, -0.2) is 0 Å². The molecule has 1 fully saturated rings. The van der Waals surface area contributed by atoms with Gasteiger partial charge in [0.25, 0.3) is 0 Å². The SMILES string of the molecule is CC(C)(C#N)CCNC1C(C)(C)C1(C)C. The fraction of sp³-hybridized carbons (Fsp3) is 0.923. The van der Waals surface area contributed by atoms with Gasteiger partial charge in [-0.15, -0.1) is 0 Å². The zero-order valence-electron chi connectivity index (χ0n) is 10.9. The van der Waals surface area contributed by atoms with E-state index in [9.17, 15) is 0 Å². The second-order valence-corrected chi connectivity index (χ2v) is 6.58. The van der Waals surface area contributed by atoms with Crippen LogP contribution in [0.3, 0.4) is 0 Å². The Morgan fingerprint density at radius 2 is 1.67 bits per heavy atom. The summed E-state index contributed by atoms with van der Waals surface area (Å²) in [6.07, 6.45) is 0.923. The molecule has 0 saturated heterocycles. The molecule has 15 heavy (non-hydrogen) atoms. The highest BCUT2D eigenvalue weighted by Gasteiger charge is 2.64. The lowest BCUT2D eigenvalue weighted by atomic mass is 9.91. The van der Waals surface area contributed by atoms with Crippen LogP contribution in [-0.4, -0.2) is 12.6 Å². The fourth-order valence-corrected chi connectivity index (χ4v) is 2.29. The molecule has 2 nitrogen and oxygen atoms in total. The average molecular weight is 208 g/mol. The highest BCUT2D eigenvalue weighted by molar-refractivity contribution is 5.17. The molecule has 1 rings (SSSR count). The van der Waals surface area contributed by atoms with Crippen LogP contribution >= 0.6 is 0 Å². The van der Waals surface area contributed by atoms with Gasteiger partial charge in [-0.3, -0.25) is 0 Å². The molecule has 0 aromatic rings. The lowest BCUT2D eigenvalue weighted by Crippen LogP contribution is -2.26. The van der Waals surface area contributed by atoms with E-state index in [1.807, 2.05) is 13.8 Å². The summed E-state index contributed by atoms with van der Waals surface area (Å²) in [5, 5.41) is 12.5. The Morgan fingerprint density at radius 3 is 2.00 bits per heavy atom. The molecule has 0 aliphatic heterocycles. The predicted molar refractivity (Wildman–Crippen MR) is 63.4 cm³/mol. The maximum Gasteiger partial charge on any atom is 0.0684 e. The summed E-state index contributed by atoms with van der Waals surface area (Å²) in [4.78, 5) is 0. The molecule has 0 heterocycles. The van der Waals surface area contributed by atoms with Crippen molar-refractivity contribution < 1.29 is 0 Å². The van der Waals surface area contributed by atoms with Crippen LogP contribution in [0.1, 0.15) is 48.0 Å². The first-order valence-electron chi connectivity index (χ1n) is 5.80. The van der Waals surface area contributed by atoms with Crippen LogP contribution in [0, 0.1) is 27.6 Å². The van der Waals surface area contributed by atoms with Crippen molar-refractivity contribution >= 4 is 0 Å². The van der Waals surface area contributed by atoms with E-state index in [2.05, 4.69) is 39.1 Å². The van der Waals surface area contributed by atoms with E-state index < -0.39 is 0 Å². The molecule has 0 aromatic heterocycles. The van der Waals surface area contributed by atoms with E-state index in [4.69, 9.17) is 5.26 Å².